The van der Waals surface area contributed by atoms with Gasteiger partial charge < -0.3 is 10.2 Å². The first-order valence-corrected chi connectivity index (χ1v) is 9.78. The highest BCUT2D eigenvalue weighted by Crippen LogP contribution is 2.34. The number of thioether (sulfide) groups is 1. The van der Waals surface area contributed by atoms with Crippen LogP contribution in [0, 0.1) is 0 Å². The summed E-state index contributed by atoms with van der Waals surface area (Å²) in [6.45, 7) is 0.576. The number of hydrogen-bond donors (Lipinski definition) is 1. The number of carbonyl (C=O) groups is 2. The maximum atomic E-state index is 12.7. The van der Waals surface area contributed by atoms with Crippen molar-refractivity contribution in [3.8, 4) is 0 Å². The number of halogens is 3. The number of carbonyl (C=O) groups excluding carboxylic acids is 2. The predicted octanol–water partition coefficient (Wildman–Crippen LogP) is 4.24. The van der Waals surface area contributed by atoms with Crippen molar-refractivity contribution in [2.45, 2.75) is 30.5 Å². The van der Waals surface area contributed by atoms with Crippen molar-refractivity contribution in [1.29, 1.82) is 0 Å². The number of amides is 2. The van der Waals surface area contributed by atoms with E-state index in [2.05, 4.69) is 5.32 Å². The zero-order chi connectivity index (χ0) is 20.1. The molecule has 0 spiro atoms. The monoisotopic (exact) mass is 408 g/mol. The van der Waals surface area contributed by atoms with Crippen LogP contribution in [0.3, 0.4) is 0 Å². The molecule has 3 rings (SSSR count). The summed E-state index contributed by atoms with van der Waals surface area (Å²) in [6.07, 6.45) is -4.38. The Hall–Kier alpha value is -2.48. The molecule has 0 saturated heterocycles. The molecule has 1 aliphatic rings. The molecule has 0 aromatic heterocycles. The molecule has 0 atom stereocenters. The number of anilines is 1. The minimum atomic E-state index is -4.42. The van der Waals surface area contributed by atoms with Gasteiger partial charge in [0.2, 0.25) is 11.8 Å². The van der Waals surface area contributed by atoms with Crippen molar-refractivity contribution in [3.63, 3.8) is 0 Å². The van der Waals surface area contributed by atoms with Crippen LogP contribution in [0.2, 0.25) is 0 Å². The maximum absolute atomic E-state index is 12.7. The third-order valence-corrected chi connectivity index (χ3v) is 5.38. The molecule has 0 bridgehead atoms. The summed E-state index contributed by atoms with van der Waals surface area (Å²) >= 11 is 1.69. The van der Waals surface area contributed by atoms with Crippen LogP contribution in [0.4, 0.5) is 18.9 Å². The van der Waals surface area contributed by atoms with E-state index in [-0.39, 0.29) is 31.2 Å². The predicted molar refractivity (Wildman–Crippen MR) is 102 cm³/mol. The molecule has 1 aliphatic heterocycles. The number of hydrogen-bond acceptors (Lipinski definition) is 3. The van der Waals surface area contributed by atoms with Crippen molar-refractivity contribution >= 4 is 29.3 Å². The van der Waals surface area contributed by atoms with E-state index in [1.165, 1.54) is 12.1 Å². The van der Waals surface area contributed by atoms with Crippen LogP contribution in [-0.2, 0) is 22.3 Å². The standard InChI is InChI=1S/C20H19F3N2O2S/c21-20(22,23)15-5-3-4-14(12-15)13-24-18(26)8-9-19(27)25-10-11-28-17-7-2-1-6-16(17)25/h1-7,12H,8-11,13H2,(H,24,26). The second-order valence-electron chi connectivity index (χ2n) is 6.34. The third kappa shape index (κ3) is 5.07. The van der Waals surface area contributed by atoms with E-state index in [0.717, 1.165) is 28.5 Å². The zero-order valence-electron chi connectivity index (χ0n) is 15.0. The van der Waals surface area contributed by atoms with E-state index in [9.17, 15) is 22.8 Å². The number of benzene rings is 2. The first-order chi connectivity index (χ1) is 13.3. The van der Waals surface area contributed by atoms with Gasteiger partial charge in [-0.05, 0) is 29.8 Å². The van der Waals surface area contributed by atoms with E-state index < -0.39 is 11.7 Å². The summed E-state index contributed by atoms with van der Waals surface area (Å²) in [5.41, 5.74) is 0.459. The Morgan fingerprint density at radius 1 is 1.07 bits per heavy atom. The number of rotatable bonds is 5. The van der Waals surface area contributed by atoms with E-state index in [1.807, 2.05) is 24.3 Å². The molecule has 0 saturated carbocycles. The first-order valence-electron chi connectivity index (χ1n) is 8.79. The van der Waals surface area contributed by atoms with Crippen molar-refractivity contribution < 1.29 is 22.8 Å². The van der Waals surface area contributed by atoms with Crippen molar-refractivity contribution in [2.75, 3.05) is 17.2 Å². The van der Waals surface area contributed by atoms with E-state index >= 15 is 0 Å². The quantitative estimate of drug-likeness (QED) is 0.805. The third-order valence-electron chi connectivity index (χ3n) is 4.34. The second-order valence-corrected chi connectivity index (χ2v) is 7.47. The van der Waals surface area contributed by atoms with Crippen LogP contribution >= 0.6 is 11.8 Å². The Labute approximate surface area is 165 Å². The summed E-state index contributed by atoms with van der Waals surface area (Å²) in [6, 6.07) is 12.4. The van der Waals surface area contributed by atoms with Crippen LogP contribution in [0.1, 0.15) is 24.0 Å². The van der Waals surface area contributed by atoms with Crippen LogP contribution in [0.5, 0.6) is 0 Å². The summed E-state index contributed by atoms with van der Waals surface area (Å²) in [5, 5.41) is 2.57. The molecule has 2 aromatic rings. The lowest BCUT2D eigenvalue weighted by Crippen LogP contribution is -2.36. The fourth-order valence-electron chi connectivity index (χ4n) is 2.93. The fourth-order valence-corrected chi connectivity index (χ4v) is 3.93. The molecule has 2 aromatic carbocycles. The van der Waals surface area contributed by atoms with Gasteiger partial charge >= 0.3 is 6.18 Å². The van der Waals surface area contributed by atoms with Gasteiger partial charge in [0.25, 0.3) is 0 Å². The number of nitrogens with zero attached hydrogens (tertiary/aromatic N) is 1. The van der Waals surface area contributed by atoms with Gasteiger partial charge in [-0.1, -0.05) is 24.3 Å². The summed E-state index contributed by atoms with van der Waals surface area (Å²) in [4.78, 5) is 27.3. The molecule has 4 nitrogen and oxygen atoms in total. The molecule has 2 amide bonds. The first kappa shape index (κ1) is 20.3. The lowest BCUT2D eigenvalue weighted by Gasteiger charge is -2.29. The Morgan fingerprint density at radius 2 is 1.86 bits per heavy atom. The molecule has 1 N–H and O–H groups in total. The summed E-state index contributed by atoms with van der Waals surface area (Å²) < 4.78 is 38.2. The van der Waals surface area contributed by atoms with Crippen LogP contribution in [-0.4, -0.2) is 24.1 Å². The summed E-state index contributed by atoms with van der Waals surface area (Å²) in [7, 11) is 0. The molecule has 0 radical (unpaired) electrons. The lowest BCUT2D eigenvalue weighted by molar-refractivity contribution is -0.137. The van der Waals surface area contributed by atoms with E-state index in [0.29, 0.717) is 12.1 Å². The van der Waals surface area contributed by atoms with Crippen molar-refractivity contribution in [1.82, 2.24) is 5.32 Å². The van der Waals surface area contributed by atoms with Crippen LogP contribution in [0.15, 0.2) is 53.4 Å². The molecule has 28 heavy (non-hydrogen) atoms. The molecule has 8 heteroatoms. The van der Waals surface area contributed by atoms with Gasteiger partial charge in [-0.25, -0.2) is 0 Å². The average Bonchev–Trinajstić information content (AvgIpc) is 2.69. The second kappa shape index (κ2) is 8.68. The smallest absolute Gasteiger partial charge is 0.352 e. The highest BCUT2D eigenvalue weighted by Gasteiger charge is 2.30. The minimum Gasteiger partial charge on any atom is -0.352 e. The van der Waals surface area contributed by atoms with Gasteiger partial charge in [-0.2, -0.15) is 13.2 Å². The van der Waals surface area contributed by atoms with Crippen molar-refractivity contribution in [2.24, 2.45) is 0 Å². The molecule has 0 aliphatic carbocycles. The van der Waals surface area contributed by atoms with Crippen LogP contribution < -0.4 is 10.2 Å². The highest BCUT2D eigenvalue weighted by atomic mass is 32.2. The van der Waals surface area contributed by atoms with E-state index in [1.54, 1.807) is 16.7 Å². The number of fused-ring (bicyclic) bond motifs is 1. The average molecular weight is 408 g/mol. The Bertz CT molecular complexity index is 871. The summed E-state index contributed by atoms with van der Waals surface area (Å²) in [5.74, 6) is 0.289. The highest BCUT2D eigenvalue weighted by molar-refractivity contribution is 7.99. The molecular weight excluding hydrogens is 389 g/mol. The van der Waals surface area contributed by atoms with Gasteiger partial charge in [0, 0.05) is 36.6 Å². The topological polar surface area (TPSA) is 49.4 Å². The maximum Gasteiger partial charge on any atom is 0.416 e. The SMILES string of the molecule is O=C(CCC(=O)N1CCSc2ccccc21)NCc1cccc(C(F)(F)F)c1. The lowest BCUT2D eigenvalue weighted by atomic mass is 10.1. The zero-order valence-corrected chi connectivity index (χ0v) is 15.8. The van der Waals surface area contributed by atoms with Crippen LogP contribution in [0.25, 0.3) is 0 Å². The Balaban J connectivity index is 1.51. The number of alkyl halides is 3. The minimum absolute atomic E-state index is 0.0103. The van der Waals surface area contributed by atoms with Gasteiger partial charge in [-0.15, -0.1) is 11.8 Å². The molecule has 0 unspecified atom stereocenters. The van der Waals surface area contributed by atoms with E-state index in [4.69, 9.17) is 0 Å². The fraction of sp³-hybridized carbons (Fsp3) is 0.300. The molecule has 0 fully saturated rings. The largest absolute Gasteiger partial charge is 0.416 e. The van der Waals surface area contributed by atoms with Gasteiger partial charge in [0.05, 0.1) is 11.3 Å². The van der Waals surface area contributed by atoms with Gasteiger partial charge in [-0.3, -0.25) is 9.59 Å². The van der Waals surface area contributed by atoms with Gasteiger partial charge in [0.15, 0.2) is 0 Å². The molecular formula is C20H19F3N2O2S. The molecule has 148 valence electrons. The van der Waals surface area contributed by atoms with Gasteiger partial charge in [0.1, 0.15) is 0 Å². The molecule has 1 heterocycles. The Kier molecular flexibility index (Phi) is 6.28. The van der Waals surface area contributed by atoms with Crippen molar-refractivity contribution in [3.05, 3.63) is 59.7 Å². The Morgan fingerprint density at radius 3 is 2.64 bits per heavy atom. The normalized spacial score (nSPS) is 13.8. The number of para-hydroxylation sites is 1. The number of nitrogens with one attached hydrogen (secondary N) is 1.